The monoisotopic (exact) mass is 429 g/mol. The van der Waals surface area contributed by atoms with Crippen LogP contribution in [-0.4, -0.2) is 24.7 Å². The van der Waals surface area contributed by atoms with Gasteiger partial charge in [-0.2, -0.15) is 0 Å². The van der Waals surface area contributed by atoms with Crippen LogP contribution in [-0.2, 0) is 6.54 Å². The van der Waals surface area contributed by atoms with Crippen LogP contribution in [0.15, 0.2) is 29.3 Å². The summed E-state index contributed by atoms with van der Waals surface area (Å²) < 4.78 is 6.07. The molecule has 0 bridgehead atoms. The molecule has 1 aromatic carbocycles. The Kier molecular flexibility index (Phi) is 6.99. The standard InChI is InChI=1S/C18H27N3O.HI/c1-3-19-18(21-16-11-13(16)2)20-12-14-7-4-5-10-17(14)22-15-8-6-9-15;/h4-5,7,10,13,15-16H,3,6,8-9,11-12H2,1-2H3,(H2,19,20,21);1H. The number of hydrogen-bond donors (Lipinski definition) is 2. The molecule has 0 heterocycles. The predicted molar refractivity (Wildman–Crippen MR) is 106 cm³/mol. The van der Waals surface area contributed by atoms with Gasteiger partial charge in [0.15, 0.2) is 5.96 Å². The van der Waals surface area contributed by atoms with Crippen LogP contribution in [0.25, 0.3) is 0 Å². The number of hydrogen-bond acceptors (Lipinski definition) is 2. The molecular weight excluding hydrogens is 401 g/mol. The van der Waals surface area contributed by atoms with Crippen molar-refractivity contribution in [3.05, 3.63) is 29.8 Å². The van der Waals surface area contributed by atoms with Crippen LogP contribution in [0.4, 0.5) is 0 Å². The molecule has 0 amide bonds. The van der Waals surface area contributed by atoms with Crippen LogP contribution in [0, 0.1) is 5.92 Å². The molecule has 0 saturated heterocycles. The Morgan fingerprint density at radius 1 is 1.30 bits per heavy atom. The number of guanidine groups is 1. The average Bonchev–Trinajstić information content (AvgIpc) is 3.17. The number of aliphatic imine (C=N–C) groups is 1. The third-order valence-corrected chi connectivity index (χ3v) is 4.50. The van der Waals surface area contributed by atoms with Gasteiger partial charge in [-0.05, 0) is 44.6 Å². The molecule has 0 radical (unpaired) electrons. The van der Waals surface area contributed by atoms with E-state index in [1.54, 1.807) is 0 Å². The van der Waals surface area contributed by atoms with Crippen molar-refractivity contribution in [2.24, 2.45) is 10.9 Å². The molecule has 2 aliphatic carbocycles. The van der Waals surface area contributed by atoms with Crippen molar-refractivity contribution in [1.82, 2.24) is 10.6 Å². The van der Waals surface area contributed by atoms with Gasteiger partial charge in [0.1, 0.15) is 5.75 Å². The molecule has 0 aliphatic heterocycles. The molecule has 0 aromatic heterocycles. The van der Waals surface area contributed by atoms with Gasteiger partial charge in [0.2, 0.25) is 0 Å². The zero-order chi connectivity index (χ0) is 15.4. The van der Waals surface area contributed by atoms with E-state index < -0.39 is 0 Å². The molecule has 4 nitrogen and oxygen atoms in total. The van der Waals surface area contributed by atoms with E-state index in [4.69, 9.17) is 9.73 Å². The predicted octanol–water partition coefficient (Wildman–Crippen LogP) is 3.70. The molecule has 128 valence electrons. The molecular formula is C18H28IN3O. The number of ether oxygens (including phenoxy) is 1. The van der Waals surface area contributed by atoms with Crippen LogP contribution in [0.3, 0.4) is 0 Å². The van der Waals surface area contributed by atoms with Gasteiger partial charge in [0, 0.05) is 18.2 Å². The van der Waals surface area contributed by atoms with E-state index >= 15 is 0 Å². The number of halogens is 1. The van der Waals surface area contributed by atoms with Crippen molar-refractivity contribution < 1.29 is 4.74 Å². The summed E-state index contributed by atoms with van der Waals surface area (Å²) in [5, 5.41) is 6.82. The SMILES string of the molecule is CCNC(=NCc1ccccc1OC1CCC1)NC1CC1C.I. The van der Waals surface area contributed by atoms with Crippen molar-refractivity contribution in [3.63, 3.8) is 0 Å². The van der Waals surface area contributed by atoms with Crippen LogP contribution >= 0.6 is 24.0 Å². The van der Waals surface area contributed by atoms with Gasteiger partial charge in [-0.1, -0.05) is 25.1 Å². The molecule has 0 spiro atoms. The molecule has 2 unspecified atom stereocenters. The Morgan fingerprint density at radius 2 is 2.04 bits per heavy atom. The Labute approximate surface area is 156 Å². The quantitative estimate of drug-likeness (QED) is 0.412. The highest BCUT2D eigenvalue weighted by molar-refractivity contribution is 14.0. The maximum Gasteiger partial charge on any atom is 0.191 e. The largest absolute Gasteiger partial charge is 0.490 e. The van der Waals surface area contributed by atoms with Crippen LogP contribution in [0.5, 0.6) is 5.75 Å². The van der Waals surface area contributed by atoms with Gasteiger partial charge >= 0.3 is 0 Å². The van der Waals surface area contributed by atoms with E-state index in [9.17, 15) is 0 Å². The van der Waals surface area contributed by atoms with E-state index in [-0.39, 0.29) is 24.0 Å². The smallest absolute Gasteiger partial charge is 0.191 e. The first-order valence-electron chi connectivity index (χ1n) is 8.55. The highest BCUT2D eigenvalue weighted by atomic mass is 127. The minimum absolute atomic E-state index is 0. The van der Waals surface area contributed by atoms with Crippen LogP contribution < -0.4 is 15.4 Å². The van der Waals surface area contributed by atoms with Crippen LogP contribution in [0.1, 0.15) is 45.1 Å². The molecule has 2 aliphatic rings. The minimum Gasteiger partial charge on any atom is -0.490 e. The number of nitrogens with zero attached hydrogens (tertiary/aromatic N) is 1. The summed E-state index contributed by atoms with van der Waals surface area (Å²) in [7, 11) is 0. The Hall–Kier alpha value is -0.980. The van der Waals surface area contributed by atoms with Crippen molar-refractivity contribution >= 4 is 29.9 Å². The van der Waals surface area contributed by atoms with Crippen molar-refractivity contribution in [3.8, 4) is 5.75 Å². The van der Waals surface area contributed by atoms with Gasteiger partial charge in [0.25, 0.3) is 0 Å². The molecule has 2 saturated carbocycles. The fraction of sp³-hybridized carbons (Fsp3) is 0.611. The lowest BCUT2D eigenvalue weighted by atomic mass is 9.96. The van der Waals surface area contributed by atoms with E-state index in [1.165, 1.54) is 25.7 Å². The number of nitrogens with one attached hydrogen (secondary N) is 2. The van der Waals surface area contributed by atoms with Gasteiger partial charge in [-0.3, -0.25) is 0 Å². The summed E-state index contributed by atoms with van der Waals surface area (Å²) >= 11 is 0. The normalized spacial score (nSPS) is 23.5. The maximum absolute atomic E-state index is 6.07. The number of para-hydroxylation sites is 1. The fourth-order valence-corrected chi connectivity index (χ4v) is 2.60. The first-order chi connectivity index (χ1) is 10.8. The van der Waals surface area contributed by atoms with Crippen molar-refractivity contribution in [2.75, 3.05) is 6.54 Å². The first kappa shape index (κ1) is 18.4. The highest BCUT2D eigenvalue weighted by Crippen LogP contribution is 2.29. The Morgan fingerprint density at radius 3 is 2.65 bits per heavy atom. The molecule has 5 heteroatoms. The third kappa shape index (κ3) is 5.26. The lowest BCUT2D eigenvalue weighted by molar-refractivity contribution is 0.119. The highest BCUT2D eigenvalue weighted by Gasteiger charge is 2.33. The van der Waals surface area contributed by atoms with E-state index in [0.29, 0.717) is 18.7 Å². The molecule has 23 heavy (non-hydrogen) atoms. The topological polar surface area (TPSA) is 45.7 Å². The minimum atomic E-state index is 0. The zero-order valence-corrected chi connectivity index (χ0v) is 16.4. The second kappa shape index (κ2) is 8.76. The summed E-state index contributed by atoms with van der Waals surface area (Å²) in [5.41, 5.74) is 1.16. The molecule has 2 fully saturated rings. The summed E-state index contributed by atoms with van der Waals surface area (Å²) in [4.78, 5) is 4.72. The van der Waals surface area contributed by atoms with Gasteiger partial charge < -0.3 is 15.4 Å². The van der Waals surface area contributed by atoms with E-state index in [2.05, 4.69) is 42.7 Å². The zero-order valence-electron chi connectivity index (χ0n) is 14.0. The number of rotatable bonds is 6. The summed E-state index contributed by atoms with van der Waals surface area (Å²) in [6.07, 6.45) is 5.30. The van der Waals surface area contributed by atoms with Crippen molar-refractivity contribution in [1.29, 1.82) is 0 Å². The molecule has 2 N–H and O–H groups in total. The van der Waals surface area contributed by atoms with Gasteiger partial charge in [-0.15, -0.1) is 24.0 Å². The second-order valence-electron chi connectivity index (χ2n) is 6.44. The van der Waals surface area contributed by atoms with Gasteiger partial charge in [0.05, 0.1) is 12.6 Å². The summed E-state index contributed by atoms with van der Waals surface area (Å²) in [6.45, 7) is 5.90. The van der Waals surface area contributed by atoms with Gasteiger partial charge in [-0.25, -0.2) is 4.99 Å². The summed E-state index contributed by atoms with van der Waals surface area (Å²) in [6, 6.07) is 8.85. The lowest BCUT2D eigenvalue weighted by Crippen LogP contribution is -2.39. The van der Waals surface area contributed by atoms with Crippen LogP contribution in [0.2, 0.25) is 0 Å². The molecule has 3 rings (SSSR count). The molecule has 1 aromatic rings. The third-order valence-electron chi connectivity index (χ3n) is 4.50. The van der Waals surface area contributed by atoms with E-state index in [1.807, 2.05) is 6.07 Å². The first-order valence-corrected chi connectivity index (χ1v) is 8.55. The average molecular weight is 429 g/mol. The molecule has 2 atom stereocenters. The number of benzene rings is 1. The fourth-order valence-electron chi connectivity index (χ4n) is 2.60. The van der Waals surface area contributed by atoms with E-state index in [0.717, 1.165) is 29.7 Å². The maximum atomic E-state index is 6.07. The summed E-state index contributed by atoms with van der Waals surface area (Å²) in [5.74, 6) is 2.67. The second-order valence-corrected chi connectivity index (χ2v) is 6.44. The van der Waals surface area contributed by atoms with Crippen molar-refractivity contribution in [2.45, 2.75) is 58.2 Å². The lowest BCUT2D eigenvalue weighted by Gasteiger charge is -2.27. The Balaban J connectivity index is 0.00000192. The Bertz CT molecular complexity index is 531.